The van der Waals surface area contributed by atoms with Crippen molar-refractivity contribution in [1.29, 1.82) is 0 Å². The number of amides is 1. The Morgan fingerprint density at radius 1 is 1.53 bits per heavy atom. The van der Waals surface area contributed by atoms with Crippen LogP contribution in [0.3, 0.4) is 0 Å². The number of ether oxygens (including phenoxy) is 2. The Bertz CT molecular complexity index is 386. The first kappa shape index (κ1) is 11.9. The summed E-state index contributed by atoms with van der Waals surface area (Å²) in [7, 11) is 1.61. The molecule has 92 valence electrons. The highest BCUT2D eigenvalue weighted by Crippen LogP contribution is 2.20. The summed E-state index contributed by atoms with van der Waals surface area (Å²) in [5.41, 5.74) is 0.563. The van der Waals surface area contributed by atoms with Crippen LogP contribution >= 0.6 is 0 Å². The van der Waals surface area contributed by atoms with E-state index in [1.165, 1.54) is 0 Å². The van der Waals surface area contributed by atoms with Gasteiger partial charge in [-0.15, -0.1) is 0 Å². The predicted molar refractivity (Wildman–Crippen MR) is 64.3 cm³/mol. The van der Waals surface area contributed by atoms with Gasteiger partial charge in [0.1, 0.15) is 12.4 Å². The van der Waals surface area contributed by atoms with Gasteiger partial charge in [0.05, 0.1) is 11.7 Å². The van der Waals surface area contributed by atoms with Gasteiger partial charge in [-0.05, 0) is 25.0 Å². The molecule has 1 aromatic carbocycles. The van der Waals surface area contributed by atoms with Crippen molar-refractivity contribution in [3.63, 3.8) is 0 Å². The first-order valence-electron chi connectivity index (χ1n) is 5.87. The zero-order valence-electron chi connectivity index (χ0n) is 9.94. The summed E-state index contributed by atoms with van der Waals surface area (Å²) in [4.78, 5) is 11.6. The van der Waals surface area contributed by atoms with Crippen molar-refractivity contribution in [2.45, 2.75) is 18.9 Å². The maximum atomic E-state index is 11.6. The number of hydrogen-bond donors (Lipinski definition) is 1. The summed E-state index contributed by atoms with van der Waals surface area (Å²) in [5, 5.41) is 2.60. The predicted octanol–water partition coefficient (Wildman–Crippen LogP) is 1.60. The fraction of sp³-hybridized carbons (Fsp3) is 0.462. The second kappa shape index (κ2) is 5.68. The Morgan fingerprint density at radius 2 is 2.35 bits per heavy atom. The van der Waals surface area contributed by atoms with Gasteiger partial charge in [0, 0.05) is 13.7 Å². The number of carbonyl (C=O) groups excluding carboxylic acids is 1. The molecule has 0 aliphatic carbocycles. The third-order valence-corrected chi connectivity index (χ3v) is 2.81. The molecule has 0 saturated carbocycles. The van der Waals surface area contributed by atoms with Crippen molar-refractivity contribution in [3.8, 4) is 5.75 Å². The Hall–Kier alpha value is -1.55. The van der Waals surface area contributed by atoms with Gasteiger partial charge < -0.3 is 14.8 Å². The van der Waals surface area contributed by atoms with Crippen molar-refractivity contribution < 1.29 is 14.3 Å². The lowest BCUT2D eigenvalue weighted by atomic mass is 10.2. The summed E-state index contributed by atoms with van der Waals surface area (Å²) in [5.74, 6) is 0.482. The largest absolute Gasteiger partial charge is 0.490 e. The van der Waals surface area contributed by atoms with Crippen molar-refractivity contribution in [2.75, 3.05) is 20.3 Å². The molecule has 0 spiro atoms. The van der Waals surface area contributed by atoms with Gasteiger partial charge in [0.15, 0.2) is 0 Å². The number of carbonyl (C=O) groups is 1. The molecule has 1 aliphatic heterocycles. The lowest BCUT2D eigenvalue weighted by Gasteiger charge is -2.13. The first-order valence-corrected chi connectivity index (χ1v) is 5.87. The average Bonchev–Trinajstić information content (AvgIpc) is 2.89. The Kier molecular flexibility index (Phi) is 3.98. The van der Waals surface area contributed by atoms with E-state index in [0.717, 1.165) is 19.4 Å². The van der Waals surface area contributed by atoms with Crippen LogP contribution in [0.15, 0.2) is 24.3 Å². The molecule has 0 bridgehead atoms. The fourth-order valence-corrected chi connectivity index (χ4v) is 1.87. The first-order chi connectivity index (χ1) is 8.31. The maximum Gasteiger partial charge on any atom is 0.254 e. The minimum absolute atomic E-state index is 0.132. The highest BCUT2D eigenvalue weighted by molar-refractivity contribution is 5.96. The molecule has 1 atom stereocenters. The van der Waals surface area contributed by atoms with Crippen molar-refractivity contribution in [1.82, 2.24) is 5.32 Å². The van der Waals surface area contributed by atoms with Crippen molar-refractivity contribution in [2.24, 2.45) is 0 Å². The molecular formula is C13H17NO3. The monoisotopic (exact) mass is 235 g/mol. The van der Waals surface area contributed by atoms with Crippen molar-refractivity contribution in [3.05, 3.63) is 29.8 Å². The molecule has 1 saturated heterocycles. The lowest BCUT2D eigenvalue weighted by molar-refractivity contribution is 0.0671. The minimum Gasteiger partial charge on any atom is -0.490 e. The zero-order valence-corrected chi connectivity index (χ0v) is 9.94. The number of para-hydroxylation sites is 1. The smallest absolute Gasteiger partial charge is 0.254 e. The van der Waals surface area contributed by atoms with E-state index in [2.05, 4.69) is 5.32 Å². The molecular weight excluding hydrogens is 218 g/mol. The fourth-order valence-electron chi connectivity index (χ4n) is 1.87. The Morgan fingerprint density at radius 3 is 3.06 bits per heavy atom. The van der Waals surface area contributed by atoms with E-state index in [-0.39, 0.29) is 12.0 Å². The number of nitrogens with one attached hydrogen (secondary N) is 1. The highest BCUT2D eigenvalue weighted by Gasteiger charge is 2.17. The van der Waals surface area contributed by atoms with E-state index >= 15 is 0 Å². The van der Waals surface area contributed by atoms with Gasteiger partial charge >= 0.3 is 0 Å². The van der Waals surface area contributed by atoms with Crippen LogP contribution in [0, 0.1) is 0 Å². The van der Waals surface area contributed by atoms with Crippen LogP contribution in [0.25, 0.3) is 0 Å². The van der Waals surface area contributed by atoms with Gasteiger partial charge in [0.25, 0.3) is 5.91 Å². The summed E-state index contributed by atoms with van der Waals surface area (Å²) in [6.07, 6.45) is 2.28. The van der Waals surface area contributed by atoms with Crippen LogP contribution in [-0.2, 0) is 4.74 Å². The Balaban J connectivity index is 2.01. The van der Waals surface area contributed by atoms with Crippen LogP contribution < -0.4 is 10.1 Å². The van der Waals surface area contributed by atoms with Gasteiger partial charge in [-0.25, -0.2) is 0 Å². The highest BCUT2D eigenvalue weighted by atomic mass is 16.5. The second-order valence-electron chi connectivity index (χ2n) is 4.02. The second-order valence-corrected chi connectivity index (χ2v) is 4.02. The molecule has 0 aromatic heterocycles. The molecule has 1 fully saturated rings. The van der Waals surface area contributed by atoms with E-state index in [9.17, 15) is 4.79 Å². The normalized spacial score (nSPS) is 19.0. The molecule has 1 N–H and O–H groups in total. The molecule has 4 nitrogen and oxygen atoms in total. The number of benzene rings is 1. The van der Waals surface area contributed by atoms with Crippen LogP contribution in [0.2, 0.25) is 0 Å². The van der Waals surface area contributed by atoms with Gasteiger partial charge in [-0.1, -0.05) is 12.1 Å². The van der Waals surface area contributed by atoms with E-state index in [1.54, 1.807) is 19.2 Å². The molecule has 1 aliphatic rings. The van der Waals surface area contributed by atoms with E-state index < -0.39 is 0 Å². The van der Waals surface area contributed by atoms with E-state index in [1.807, 2.05) is 12.1 Å². The summed E-state index contributed by atoms with van der Waals surface area (Å²) in [6, 6.07) is 7.24. The lowest BCUT2D eigenvalue weighted by Crippen LogP contribution is -2.21. The van der Waals surface area contributed by atoms with E-state index in [0.29, 0.717) is 17.9 Å². The number of hydrogen-bond acceptors (Lipinski definition) is 3. The standard InChI is InChI=1S/C13H17NO3/c1-14-13(15)11-6-2-3-7-12(11)17-9-10-5-4-8-16-10/h2-3,6-7,10H,4-5,8-9H2,1H3,(H,14,15). The summed E-state index contributed by atoms with van der Waals surface area (Å²) in [6.45, 7) is 1.32. The average molecular weight is 235 g/mol. The molecule has 1 heterocycles. The number of rotatable bonds is 4. The topological polar surface area (TPSA) is 47.6 Å². The van der Waals surface area contributed by atoms with Gasteiger partial charge in [-0.3, -0.25) is 4.79 Å². The minimum atomic E-state index is -0.132. The molecule has 1 amide bonds. The maximum absolute atomic E-state index is 11.6. The quantitative estimate of drug-likeness (QED) is 0.862. The molecule has 2 rings (SSSR count). The molecule has 1 unspecified atom stereocenters. The van der Waals surface area contributed by atoms with E-state index in [4.69, 9.17) is 9.47 Å². The SMILES string of the molecule is CNC(=O)c1ccccc1OCC1CCCO1. The van der Waals surface area contributed by atoms with Gasteiger partial charge in [-0.2, -0.15) is 0 Å². The zero-order chi connectivity index (χ0) is 12.1. The van der Waals surface area contributed by atoms with Crippen LogP contribution in [0.1, 0.15) is 23.2 Å². The van der Waals surface area contributed by atoms with Crippen LogP contribution in [-0.4, -0.2) is 32.3 Å². The summed E-state index contributed by atoms with van der Waals surface area (Å²) >= 11 is 0. The summed E-state index contributed by atoms with van der Waals surface area (Å²) < 4.78 is 11.1. The molecule has 0 radical (unpaired) electrons. The van der Waals surface area contributed by atoms with Crippen LogP contribution in [0.5, 0.6) is 5.75 Å². The van der Waals surface area contributed by atoms with Crippen molar-refractivity contribution >= 4 is 5.91 Å². The molecule has 1 aromatic rings. The molecule has 4 heteroatoms. The Labute approximate surface area is 101 Å². The molecule has 17 heavy (non-hydrogen) atoms. The third-order valence-electron chi connectivity index (χ3n) is 2.81. The third kappa shape index (κ3) is 2.97. The van der Waals surface area contributed by atoms with Gasteiger partial charge in [0.2, 0.25) is 0 Å². The van der Waals surface area contributed by atoms with Crippen LogP contribution in [0.4, 0.5) is 0 Å².